The molecule has 1 N–H and O–H groups in total. The van der Waals surface area contributed by atoms with Gasteiger partial charge < -0.3 is 19.7 Å². The van der Waals surface area contributed by atoms with E-state index >= 15 is 0 Å². The van der Waals surface area contributed by atoms with Crippen LogP contribution in [0.25, 0.3) is 0 Å². The maximum absolute atomic E-state index is 14.1. The number of halogens is 1. The molecule has 0 unspecified atom stereocenters. The number of ether oxygens (including phenoxy) is 2. The number of amides is 2. The highest BCUT2D eigenvalue weighted by Gasteiger charge is 2.33. The Bertz CT molecular complexity index is 1470. The lowest BCUT2D eigenvalue weighted by molar-refractivity contribution is -0.140. The Kier molecular flexibility index (Phi) is 10.9. The van der Waals surface area contributed by atoms with Crippen molar-refractivity contribution in [3.8, 4) is 11.5 Å². The van der Waals surface area contributed by atoms with E-state index in [1.54, 1.807) is 49.4 Å². The molecule has 0 saturated carbocycles. The molecule has 3 aromatic carbocycles. The molecule has 0 bridgehead atoms. The van der Waals surface area contributed by atoms with Crippen molar-refractivity contribution in [3.63, 3.8) is 0 Å². The molecule has 0 aliphatic carbocycles. The lowest BCUT2D eigenvalue weighted by atomic mass is 10.1. The quantitative estimate of drug-likeness (QED) is 0.297. The van der Waals surface area contributed by atoms with E-state index < -0.39 is 34.1 Å². The van der Waals surface area contributed by atoms with Gasteiger partial charge in [0.2, 0.25) is 11.8 Å². The van der Waals surface area contributed by atoms with Crippen molar-refractivity contribution in [1.82, 2.24) is 10.2 Å². The van der Waals surface area contributed by atoms with Crippen LogP contribution in [0.4, 0.5) is 5.69 Å². The van der Waals surface area contributed by atoms with E-state index in [2.05, 4.69) is 5.32 Å². The van der Waals surface area contributed by atoms with E-state index in [9.17, 15) is 18.0 Å². The monoisotopic (exact) mass is 615 g/mol. The Balaban J connectivity index is 2.05. The van der Waals surface area contributed by atoms with Gasteiger partial charge in [-0.05, 0) is 101 Å². The molecule has 9 nitrogen and oxygen atoms in total. The second kappa shape index (κ2) is 13.9. The number of nitrogens with zero attached hydrogens (tertiary/aromatic N) is 2. The number of hydrogen-bond acceptors (Lipinski definition) is 6. The summed E-state index contributed by atoms with van der Waals surface area (Å²) >= 11 is 6.01. The molecule has 0 spiro atoms. The number of methoxy groups -OCH3 is 1. The Morgan fingerprint density at radius 1 is 0.976 bits per heavy atom. The van der Waals surface area contributed by atoms with Gasteiger partial charge in [-0.1, -0.05) is 23.7 Å². The van der Waals surface area contributed by atoms with Crippen LogP contribution in [0.3, 0.4) is 0 Å². The van der Waals surface area contributed by atoms with E-state index in [0.717, 1.165) is 4.31 Å². The number of carbonyl (C=O) groups excluding carboxylic acids is 2. The third kappa shape index (κ3) is 8.62. The average molecular weight is 616 g/mol. The number of anilines is 1. The van der Waals surface area contributed by atoms with Gasteiger partial charge in [0.05, 0.1) is 24.3 Å². The second-order valence-electron chi connectivity index (χ2n) is 10.7. The fraction of sp³-hybridized carbons (Fsp3) is 0.355. The standard InChI is InChI=1S/C31H38ClN3O6S/c1-7-41-26-15-13-25(14-16-26)35(42(38,39)28-17-11-24(32)12-18-28)21-29(36)34(22(2)30(37)33-31(3,4)5)20-23-9-8-10-27(19-23)40-6/h8-19,22H,7,20-21H2,1-6H3,(H,33,37)/t22-/m1/s1. The van der Waals surface area contributed by atoms with Crippen LogP contribution in [-0.2, 0) is 26.2 Å². The Morgan fingerprint density at radius 2 is 1.62 bits per heavy atom. The zero-order valence-corrected chi connectivity index (χ0v) is 26.3. The van der Waals surface area contributed by atoms with Gasteiger partial charge in [0.25, 0.3) is 10.0 Å². The van der Waals surface area contributed by atoms with E-state index in [1.807, 2.05) is 33.8 Å². The van der Waals surface area contributed by atoms with Gasteiger partial charge in [-0.3, -0.25) is 13.9 Å². The maximum Gasteiger partial charge on any atom is 0.264 e. The molecular formula is C31H38ClN3O6S. The van der Waals surface area contributed by atoms with Crippen molar-refractivity contribution in [2.75, 3.05) is 24.6 Å². The average Bonchev–Trinajstić information content (AvgIpc) is 2.94. The molecule has 0 heterocycles. The first-order chi connectivity index (χ1) is 19.7. The molecule has 0 radical (unpaired) electrons. The van der Waals surface area contributed by atoms with Crippen molar-refractivity contribution in [2.24, 2.45) is 0 Å². The molecule has 226 valence electrons. The minimum Gasteiger partial charge on any atom is -0.497 e. The summed E-state index contributed by atoms with van der Waals surface area (Å²) in [7, 11) is -2.68. The van der Waals surface area contributed by atoms with Crippen molar-refractivity contribution < 1.29 is 27.5 Å². The summed E-state index contributed by atoms with van der Waals surface area (Å²) in [6.45, 7) is 8.93. The highest BCUT2D eigenvalue weighted by Crippen LogP contribution is 2.27. The maximum atomic E-state index is 14.1. The largest absolute Gasteiger partial charge is 0.497 e. The molecule has 2 amide bonds. The predicted octanol–water partition coefficient (Wildman–Crippen LogP) is 5.27. The molecule has 0 aliphatic rings. The number of nitrogens with one attached hydrogen (secondary N) is 1. The summed E-state index contributed by atoms with van der Waals surface area (Å²) in [5.41, 5.74) is 0.434. The summed E-state index contributed by atoms with van der Waals surface area (Å²) < 4.78 is 39.7. The SMILES string of the molecule is CCOc1ccc(N(CC(=O)N(Cc2cccc(OC)c2)[C@H](C)C(=O)NC(C)(C)C)S(=O)(=O)c2ccc(Cl)cc2)cc1. The summed E-state index contributed by atoms with van der Waals surface area (Å²) in [5.74, 6) is 0.212. The first-order valence-electron chi connectivity index (χ1n) is 13.5. The molecule has 0 saturated heterocycles. The molecule has 11 heteroatoms. The van der Waals surface area contributed by atoms with Gasteiger partial charge in [-0.15, -0.1) is 0 Å². The van der Waals surface area contributed by atoms with Crippen LogP contribution in [0, 0.1) is 0 Å². The van der Waals surface area contributed by atoms with Gasteiger partial charge in [0, 0.05) is 17.1 Å². The topological polar surface area (TPSA) is 105 Å². The molecule has 3 aromatic rings. The minimum atomic E-state index is -4.22. The van der Waals surface area contributed by atoms with Crippen molar-refractivity contribution in [3.05, 3.63) is 83.4 Å². The van der Waals surface area contributed by atoms with Crippen LogP contribution in [0.5, 0.6) is 11.5 Å². The smallest absolute Gasteiger partial charge is 0.264 e. The molecule has 42 heavy (non-hydrogen) atoms. The number of hydrogen-bond donors (Lipinski definition) is 1. The summed E-state index contributed by atoms with van der Waals surface area (Å²) in [6, 6.07) is 18.4. The lowest BCUT2D eigenvalue weighted by Crippen LogP contribution is -2.54. The number of sulfonamides is 1. The van der Waals surface area contributed by atoms with E-state index in [1.165, 1.54) is 36.3 Å². The molecule has 0 aromatic heterocycles. The van der Waals surface area contributed by atoms with Crippen LogP contribution >= 0.6 is 11.6 Å². The van der Waals surface area contributed by atoms with Crippen molar-refractivity contribution >= 4 is 39.1 Å². The van der Waals surface area contributed by atoms with Crippen LogP contribution in [-0.4, -0.2) is 57.0 Å². The third-order valence-corrected chi connectivity index (χ3v) is 8.31. The fourth-order valence-electron chi connectivity index (χ4n) is 4.16. The second-order valence-corrected chi connectivity index (χ2v) is 13.0. The lowest BCUT2D eigenvalue weighted by Gasteiger charge is -2.33. The van der Waals surface area contributed by atoms with Gasteiger partial charge >= 0.3 is 0 Å². The Labute approximate surface area is 253 Å². The van der Waals surface area contributed by atoms with Gasteiger partial charge in [-0.2, -0.15) is 0 Å². The van der Waals surface area contributed by atoms with Crippen LogP contribution in [0.15, 0.2) is 77.7 Å². The zero-order valence-electron chi connectivity index (χ0n) is 24.8. The van der Waals surface area contributed by atoms with Crippen LogP contribution in [0.1, 0.15) is 40.2 Å². The fourth-order valence-corrected chi connectivity index (χ4v) is 5.70. The third-order valence-electron chi connectivity index (χ3n) is 6.27. The minimum absolute atomic E-state index is 0.0357. The van der Waals surface area contributed by atoms with Crippen LogP contribution < -0.4 is 19.1 Å². The molecule has 0 aliphatic heterocycles. The first-order valence-corrected chi connectivity index (χ1v) is 15.3. The van der Waals surface area contributed by atoms with Gasteiger partial charge in [0.1, 0.15) is 24.1 Å². The highest BCUT2D eigenvalue weighted by atomic mass is 35.5. The zero-order chi connectivity index (χ0) is 31.1. The highest BCUT2D eigenvalue weighted by molar-refractivity contribution is 7.92. The van der Waals surface area contributed by atoms with Gasteiger partial charge in [0.15, 0.2) is 0 Å². The van der Waals surface area contributed by atoms with Crippen molar-refractivity contribution in [1.29, 1.82) is 0 Å². The summed E-state index contributed by atoms with van der Waals surface area (Å²) in [4.78, 5) is 28.6. The molecule has 3 rings (SSSR count). The van der Waals surface area contributed by atoms with Crippen LogP contribution in [0.2, 0.25) is 5.02 Å². The Morgan fingerprint density at radius 3 is 2.19 bits per heavy atom. The van der Waals surface area contributed by atoms with Gasteiger partial charge in [-0.25, -0.2) is 8.42 Å². The van der Waals surface area contributed by atoms with E-state index in [-0.39, 0.29) is 23.0 Å². The number of carbonyl (C=O) groups is 2. The number of benzene rings is 3. The predicted molar refractivity (Wildman–Crippen MR) is 164 cm³/mol. The molecule has 1 atom stereocenters. The normalized spacial score (nSPS) is 12.3. The number of rotatable bonds is 12. The summed E-state index contributed by atoms with van der Waals surface area (Å²) in [6.07, 6.45) is 0. The molecular weight excluding hydrogens is 578 g/mol. The summed E-state index contributed by atoms with van der Waals surface area (Å²) in [5, 5.41) is 3.29. The van der Waals surface area contributed by atoms with E-state index in [4.69, 9.17) is 21.1 Å². The first kappa shape index (κ1) is 32.8. The van der Waals surface area contributed by atoms with Crippen molar-refractivity contribution in [2.45, 2.75) is 57.6 Å². The van der Waals surface area contributed by atoms with E-state index in [0.29, 0.717) is 28.7 Å². The molecule has 0 fully saturated rings. The Hall–Kier alpha value is -3.76.